The first-order valence-electron chi connectivity index (χ1n) is 5.71. The first kappa shape index (κ1) is 13.4. The molecule has 1 aromatic rings. The van der Waals surface area contributed by atoms with Gasteiger partial charge in [0.2, 0.25) is 5.91 Å². The molecule has 0 spiro atoms. The van der Waals surface area contributed by atoms with E-state index in [-0.39, 0.29) is 12.5 Å². The van der Waals surface area contributed by atoms with Gasteiger partial charge >= 0.3 is 0 Å². The average Bonchev–Trinajstić information content (AvgIpc) is 2.51. The molecule has 0 atom stereocenters. The number of aryl methyl sites for hydroxylation is 1. The molecule has 94 valence electrons. The second kappa shape index (κ2) is 5.61. The largest absolute Gasteiger partial charge is 0.354 e. The molecule has 5 nitrogen and oxygen atoms in total. The standard InChI is InChI=1S/C12H19N3O2/c1-8(2)5-13-12(17)6-15-10(4)11(7-16)9(3)14-15/h7-8H,5-6H2,1-4H3,(H,13,17). The van der Waals surface area contributed by atoms with Crippen LogP contribution in [0, 0.1) is 19.8 Å². The number of amides is 1. The van der Waals surface area contributed by atoms with Crippen molar-refractivity contribution in [1.29, 1.82) is 0 Å². The Hall–Kier alpha value is -1.65. The van der Waals surface area contributed by atoms with Crippen LogP contribution in [-0.2, 0) is 11.3 Å². The number of nitrogens with one attached hydrogen (secondary N) is 1. The van der Waals surface area contributed by atoms with Crippen LogP contribution in [-0.4, -0.2) is 28.5 Å². The van der Waals surface area contributed by atoms with E-state index in [9.17, 15) is 9.59 Å². The summed E-state index contributed by atoms with van der Waals surface area (Å²) in [4.78, 5) is 22.4. The number of hydrogen-bond acceptors (Lipinski definition) is 3. The number of aromatic nitrogens is 2. The summed E-state index contributed by atoms with van der Waals surface area (Å²) in [5, 5.41) is 6.99. The van der Waals surface area contributed by atoms with E-state index in [1.165, 1.54) is 0 Å². The van der Waals surface area contributed by atoms with Crippen molar-refractivity contribution in [3.05, 3.63) is 17.0 Å². The highest BCUT2D eigenvalue weighted by molar-refractivity contribution is 5.79. The van der Waals surface area contributed by atoms with Crippen LogP contribution in [0.4, 0.5) is 0 Å². The Morgan fingerprint density at radius 2 is 2.12 bits per heavy atom. The third-order valence-corrected chi connectivity index (χ3v) is 2.56. The van der Waals surface area contributed by atoms with Gasteiger partial charge in [0, 0.05) is 12.2 Å². The second-order valence-electron chi connectivity index (χ2n) is 4.56. The number of carbonyl (C=O) groups is 2. The molecule has 1 heterocycles. The van der Waals surface area contributed by atoms with E-state index in [0.29, 0.717) is 23.7 Å². The van der Waals surface area contributed by atoms with Crippen LogP contribution >= 0.6 is 0 Å². The molecule has 0 fully saturated rings. The molecule has 0 saturated carbocycles. The highest BCUT2D eigenvalue weighted by Gasteiger charge is 2.12. The predicted octanol–water partition coefficient (Wildman–Crippen LogP) is 1.08. The predicted molar refractivity (Wildman–Crippen MR) is 64.9 cm³/mol. The SMILES string of the molecule is Cc1nn(CC(=O)NCC(C)C)c(C)c1C=O. The zero-order valence-electron chi connectivity index (χ0n) is 10.8. The van der Waals surface area contributed by atoms with Gasteiger partial charge < -0.3 is 5.32 Å². The monoisotopic (exact) mass is 237 g/mol. The first-order chi connectivity index (χ1) is 7.95. The van der Waals surface area contributed by atoms with Crippen LogP contribution in [0.2, 0.25) is 0 Å². The summed E-state index contributed by atoms with van der Waals surface area (Å²) in [6.45, 7) is 8.44. The molecule has 0 aliphatic carbocycles. The van der Waals surface area contributed by atoms with Crippen molar-refractivity contribution in [2.24, 2.45) is 5.92 Å². The Balaban J connectivity index is 2.69. The quantitative estimate of drug-likeness (QED) is 0.779. The van der Waals surface area contributed by atoms with E-state index >= 15 is 0 Å². The highest BCUT2D eigenvalue weighted by Crippen LogP contribution is 2.09. The third-order valence-electron chi connectivity index (χ3n) is 2.56. The Kier molecular flexibility index (Phi) is 4.43. The van der Waals surface area contributed by atoms with E-state index in [1.54, 1.807) is 18.5 Å². The fourth-order valence-corrected chi connectivity index (χ4v) is 1.55. The van der Waals surface area contributed by atoms with Gasteiger partial charge in [0.1, 0.15) is 6.54 Å². The normalized spacial score (nSPS) is 10.6. The van der Waals surface area contributed by atoms with Gasteiger partial charge in [-0.2, -0.15) is 5.10 Å². The zero-order chi connectivity index (χ0) is 13.0. The van der Waals surface area contributed by atoms with Crippen molar-refractivity contribution in [2.75, 3.05) is 6.54 Å². The lowest BCUT2D eigenvalue weighted by Crippen LogP contribution is -2.31. The lowest BCUT2D eigenvalue weighted by Gasteiger charge is -2.08. The number of aldehydes is 1. The van der Waals surface area contributed by atoms with Crippen molar-refractivity contribution in [3.8, 4) is 0 Å². The van der Waals surface area contributed by atoms with E-state index in [4.69, 9.17) is 0 Å². The molecule has 0 unspecified atom stereocenters. The lowest BCUT2D eigenvalue weighted by atomic mass is 10.2. The number of carbonyl (C=O) groups excluding carboxylic acids is 2. The molecule has 0 radical (unpaired) electrons. The van der Waals surface area contributed by atoms with E-state index in [1.807, 2.05) is 13.8 Å². The van der Waals surface area contributed by atoms with Crippen LogP contribution in [0.25, 0.3) is 0 Å². The Bertz CT molecular complexity index is 422. The minimum Gasteiger partial charge on any atom is -0.354 e. The summed E-state index contributed by atoms with van der Waals surface area (Å²) in [5.74, 6) is 0.340. The first-order valence-corrected chi connectivity index (χ1v) is 5.71. The highest BCUT2D eigenvalue weighted by atomic mass is 16.2. The second-order valence-corrected chi connectivity index (χ2v) is 4.56. The zero-order valence-corrected chi connectivity index (χ0v) is 10.8. The summed E-state index contributed by atoms with van der Waals surface area (Å²) in [7, 11) is 0. The Labute approximate surface area is 101 Å². The minimum atomic E-state index is -0.0817. The maximum absolute atomic E-state index is 11.6. The van der Waals surface area contributed by atoms with Gasteiger partial charge in [-0.3, -0.25) is 14.3 Å². The minimum absolute atomic E-state index is 0.0817. The molecule has 1 rings (SSSR count). The van der Waals surface area contributed by atoms with Crippen LogP contribution < -0.4 is 5.32 Å². The lowest BCUT2D eigenvalue weighted by molar-refractivity contribution is -0.122. The van der Waals surface area contributed by atoms with Gasteiger partial charge in [-0.05, 0) is 19.8 Å². The van der Waals surface area contributed by atoms with Crippen molar-refractivity contribution in [1.82, 2.24) is 15.1 Å². The summed E-state index contributed by atoms with van der Waals surface area (Å²) in [6, 6.07) is 0. The number of nitrogens with zero attached hydrogens (tertiary/aromatic N) is 2. The Morgan fingerprint density at radius 3 is 2.59 bits per heavy atom. The maximum Gasteiger partial charge on any atom is 0.241 e. The van der Waals surface area contributed by atoms with Crippen LogP contribution in [0.5, 0.6) is 0 Å². The van der Waals surface area contributed by atoms with Gasteiger partial charge in [-0.15, -0.1) is 0 Å². The van der Waals surface area contributed by atoms with Crippen molar-refractivity contribution in [3.63, 3.8) is 0 Å². The number of rotatable bonds is 5. The summed E-state index contributed by atoms with van der Waals surface area (Å²) in [6.07, 6.45) is 0.778. The molecule has 0 bridgehead atoms. The smallest absolute Gasteiger partial charge is 0.241 e. The van der Waals surface area contributed by atoms with E-state index < -0.39 is 0 Å². The molecule has 0 aromatic carbocycles. The van der Waals surface area contributed by atoms with Gasteiger partial charge in [0.15, 0.2) is 6.29 Å². The molecular formula is C12H19N3O2. The van der Waals surface area contributed by atoms with Gasteiger partial charge in [0.25, 0.3) is 0 Å². The Morgan fingerprint density at radius 1 is 1.47 bits per heavy atom. The fourth-order valence-electron chi connectivity index (χ4n) is 1.55. The molecule has 0 saturated heterocycles. The van der Waals surface area contributed by atoms with Crippen molar-refractivity contribution < 1.29 is 9.59 Å². The molecule has 0 aliphatic rings. The van der Waals surface area contributed by atoms with Crippen molar-refractivity contribution >= 4 is 12.2 Å². The average molecular weight is 237 g/mol. The summed E-state index contributed by atoms with van der Waals surface area (Å²) >= 11 is 0. The van der Waals surface area contributed by atoms with E-state index in [0.717, 1.165) is 12.0 Å². The molecular weight excluding hydrogens is 218 g/mol. The van der Waals surface area contributed by atoms with Crippen LogP contribution in [0.3, 0.4) is 0 Å². The molecule has 1 N–H and O–H groups in total. The molecule has 5 heteroatoms. The maximum atomic E-state index is 11.6. The fraction of sp³-hybridized carbons (Fsp3) is 0.583. The number of hydrogen-bond donors (Lipinski definition) is 1. The molecule has 1 aromatic heterocycles. The van der Waals surface area contributed by atoms with E-state index in [2.05, 4.69) is 10.4 Å². The van der Waals surface area contributed by atoms with Gasteiger partial charge in [0.05, 0.1) is 11.3 Å². The molecule has 0 aliphatic heterocycles. The van der Waals surface area contributed by atoms with Crippen LogP contribution in [0.1, 0.15) is 35.6 Å². The van der Waals surface area contributed by atoms with Crippen LogP contribution in [0.15, 0.2) is 0 Å². The molecule has 1 amide bonds. The summed E-state index contributed by atoms with van der Waals surface area (Å²) in [5.41, 5.74) is 1.97. The molecule has 17 heavy (non-hydrogen) atoms. The van der Waals surface area contributed by atoms with Gasteiger partial charge in [-0.1, -0.05) is 13.8 Å². The topological polar surface area (TPSA) is 64.0 Å². The van der Waals surface area contributed by atoms with Gasteiger partial charge in [-0.25, -0.2) is 0 Å². The third kappa shape index (κ3) is 3.41. The van der Waals surface area contributed by atoms with Crippen molar-refractivity contribution in [2.45, 2.75) is 34.2 Å². The summed E-state index contributed by atoms with van der Waals surface area (Å²) < 4.78 is 1.56.